The molecule has 14 nitrogen and oxygen atoms in total. The summed E-state index contributed by atoms with van der Waals surface area (Å²) in [7, 11) is 0. The molecule has 0 rings (SSSR count). The second-order valence-corrected chi connectivity index (χ2v) is 7.68. The Morgan fingerprint density at radius 2 is 1.38 bits per heavy atom. The Labute approximate surface area is 187 Å². The number of nitrogens with one attached hydrogen (secondary N) is 3. The first-order valence-electron chi connectivity index (χ1n) is 9.42. The molecule has 0 heterocycles. The number of aliphatic hydroxyl groups is 1. The Morgan fingerprint density at radius 3 is 1.81 bits per heavy atom. The van der Waals surface area contributed by atoms with Crippen LogP contribution in [0.4, 0.5) is 0 Å². The minimum Gasteiger partial charge on any atom is -0.481 e. The number of hydrogen-bond acceptors (Lipinski definition) is 9. The summed E-state index contributed by atoms with van der Waals surface area (Å²) in [4.78, 5) is 70.1. The van der Waals surface area contributed by atoms with Crippen molar-refractivity contribution in [1.29, 1.82) is 0 Å². The maximum Gasteiger partial charge on any atom is 0.328 e. The van der Waals surface area contributed by atoms with Crippen LogP contribution in [0.15, 0.2) is 0 Å². The van der Waals surface area contributed by atoms with Crippen molar-refractivity contribution in [1.82, 2.24) is 16.0 Å². The maximum atomic E-state index is 12.7. The normalized spacial score (nSPS) is 14.3. The number of aliphatic hydroxyl groups excluding tert-OH is 1. The van der Waals surface area contributed by atoms with Crippen LogP contribution in [0.2, 0.25) is 0 Å². The van der Waals surface area contributed by atoms with Crippen molar-refractivity contribution < 1.29 is 44.1 Å². The van der Waals surface area contributed by atoms with Gasteiger partial charge in [0, 0.05) is 6.42 Å². The van der Waals surface area contributed by atoms with E-state index >= 15 is 0 Å². The van der Waals surface area contributed by atoms with Gasteiger partial charge in [-0.2, -0.15) is 11.8 Å². The molecule has 0 aromatic carbocycles. The van der Waals surface area contributed by atoms with Crippen LogP contribution in [0.3, 0.4) is 0 Å². The molecule has 4 unspecified atom stereocenters. The van der Waals surface area contributed by atoms with Crippen molar-refractivity contribution in [3.63, 3.8) is 0 Å². The Morgan fingerprint density at radius 1 is 0.875 bits per heavy atom. The van der Waals surface area contributed by atoms with E-state index in [4.69, 9.17) is 26.8 Å². The number of carboxylic acid groups (broad SMARTS) is 2. The van der Waals surface area contributed by atoms with Crippen LogP contribution in [-0.2, 0) is 28.8 Å². The zero-order valence-corrected chi connectivity index (χ0v) is 18.2. The first-order chi connectivity index (χ1) is 14.9. The molecule has 0 saturated carbocycles. The number of rotatable bonds is 16. The number of primary amides is 1. The highest BCUT2D eigenvalue weighted by molar-refractivity contribution is 7.98. The van der Waals surface area contributed by atoms with Crippen molar-refractivity contribution in [3.8, 4) is 0 Å². The third-order valence-electron chi connectivity index (χ3n) is 4.08. The van der Waals surface area contributed by atoms with Crippen molar-refractivity contribution in [2.75, 3.05) is 18.6 Å². The SMILES string of the molecule is CSCCC(NC(=O)C(CCC(N)=O)NC(=O)C(N)CC(=O)O)C(=O)NC(CO)C(=O)O. The van der Waals surface area contributed by atoms with E-state index in [-0.39, 0.29) is 19.3 Å². The number of amides is 4. The lowest BCUT2D eigenvalue weighted by Crippen LogP contribution is -2.57. The number of carbonyl (C=O) groups is 6. The number of hydrogen-bond donors (Lipinski definition) is 8. The van der Waals surface area contributed by atoms with Crippen molar-refractivity contribution in [2.24, 2.45) is 11.5 Å². The first-order valence-corrected chi connectivity index (χ1v) is 10.8. The number of carboxylic acids is 2. The van der Waals surface area contributed by atoms with Gasteiger partial charge in [-0.1, -0.05) is 0 Å². The van der Waals surface area contributed by atoms with Crippen LogP contribution in [0, 0.1) is 0 Å². The second-order valence-electron chi connectivity index (χ2n) is 6.70. The number of carbonyl (C=O) groups excluding carboxylic acids is 4. The van der Waals surface area contributed by atoms with E-state index in [1.165, 1.54) is 11.8 Å². The van der Waals surface area contributed by atoms with E-state index in [2.05, 4.69) is 16.0 Å². The molecule has 0 aliphatic heterocycles. The molecular weight excluding hydrogens is 450 g/mol. The zero-order valence-electron chi connectivity index (χ0n) is 17.4. The van der Waals surface area contributed by atoms with Crippen molar-refractivity contribution in [2.45, 2.75) is 49.9 Å². The van der Waals surface area contributed by atoms with Gasteiger partial charge in [-0.05, 0) is 24.9 Å². The summed E-state index contributed by atoms with van der Waals surface area (Å²) < 4.78 is 0. The predicted octanol–water partition coefficient (Wildman–Crippen LogP) is -3.66. The van der Waals surface area contributed by atoms with Gasteiger partial charge in [0.2, 0.25) is 23.6 Å². The molecule has 0 aliphatic carbocycles. The molecule has 0 spiro atoms. The molecule has 0 radical (unpaired) electrons. The molecule has 10 N–H and O–H groups in total. The molecule has 0 aromatic rings. The molecule has 15 heteroatoms. The highest BCUT2D eigenvalue weighted by atomic mass is 32.2. The monoisotopic (exact) mass is 479 g/mol. The standard InChI is InChI=1S/C17H29N5O9S/c1-32-5-4-10(16(29)22-11(7-23)17(30)31)21-15(28)9(2-3-12(19)24)20-14(27)8(18)6-13(25)26/h8-11,23H,2-7,18H2,1H3,(H2,19,24)(H,20,27)(H,21,28)(H,22,29)(H,25,26)(H,30,31). The van der Waals surface area contributed by atoms with Gasteiger partial charge in [-0.15, -0.1) is 0 Å². The summed E-state index contributed by atoms with van der Waals surface area (Å²) in [5, 5.41) is 33.5. The minimum absolute atomic E-state index is 0.0888. The first kappa shape index (κ1) is 29.1. The highest BCUT2D eigenvalue weighted by Gasteiger charge is 2.30. The molecule has 0 aliphatic rings. The molecule has 32 heavy (non-hydrogen) atoms. The molecule has 0 aromatic heterocycles. The third-order valence-corrected chi connectivity index (χ3v) is 4.73. The summed E-state index contributed by atoms with van der Waals surface area (Å²) >= 11 is 1.35. The van der Waals surface area contributed by atoms with E-state index in [1.54, 1.807) is 6.26 Å². The summed E-state index contributed by atoms with van der Waals surface area (Å²) in [6.07, 6.45) is 0.570. The molecule has 4 amide bonds. The lowest BCUT2D eigenvalue weighted by molar-refractivity contribution is -0.143. The van der Waals surface area contributed by atoms with Gasteiger partial charge in [-0.3, -0.25) is 24.0 Å². The number of thioether (sulfide) groups is 1. The summed E-state index contributed by atoms with van der Waals surface area (Å²) in [6.45, 7) is -0.872. The van der Waals surface area contributed by atoms with Crippen LogP contribution < -0.4 is 27.4 Å². The average Bonchev–Trinajstić information content (AvgIpc) is 2.70. The maximum absolute atomic E-state index is 12.7. The van der Waals surface area contributed by atoms with Crippen molar-refractivity contribution >= 4 is 47.3 Å². The highest BCUT2D eigenvalue weighted by Crippen LogP contribution is 2.05. The van der Waals surface area contributed by atoms with E-state index < -0.39 is 72.8 Å². The van der Waals surface area contributed by atoms with E-state index in [1.807, 2.05) is 0 Å². The Balaban J connectivity index is 5.44. The Bertz CT molecular complexity index is 706. The summed E-state index contributed by atoms with van der Waals surface area (Å²) in [5.41, 5.74) is 10.6. The van der Waals surface area contributed by atoms with Crippen molar-refractivity contribution in [3.05, 3.63) is 0 Å². The smallest absolute Gasteiger partial charge is 0.328 e. The topological polar surface area (TPSA) is 251 Å². The van der Waals surface area contributed by atoms with E-state index in [9.17, 15) is 28.8 Å². The molecule has 182 valence electrons. The average molecular weight is 480 g/mol. The van der Waals surface area contributed by atoms with Gasteiger partial charge < -0.3 is 42.7 Å². The lowest BCUT2D eigenvalue weighted by atomic mass is 10.1. The van der Waals surface area contributed by atoms with E-state index in [0.717, 1.165) is 0 Å². The predicted molar refractivity (Wildman–Crippen MR) is 112 cm³/mol. The quantitative estimate of drug-likeness (QED) is 0.107. The van der Waals surface area contributed by atoms with Crippen LogP contribution in [-0.4, -0.2) is 93.7 Å². The molecular formula is C17H29N5O9S. The fourth-order valence-electron chi connectivity index (χ4n) is 2.35. The van der Waals surface area contributed by atoms with E-state index in [0.29, 0.717) is 5.75 Å². The zero-order chi connectivity index (χ0) is 24.8. The largest absolute Gasteiger partial charge is 0.481 e. The fourth-order valence-corrected chi connectivity index (χ4v) is 2.82. The lowest BCUT2D eigenvalue weighted by Gasteiger charge is -2.24. The summed E-state index contributed by atoms with van der Waals surface area (Å²) in [5.74, 6) is -5.91. The second kappa shape index (κ2) is 15.0. The van der Waals surface area contributed by atoms with Crippen LogP contribution in [0.25, 0.3) is 0 Å². The number of aliphatic carboxylic acids is 2. The van der Waals surface area contributed by atoms with Gasteiger partial charge in [0.1, 0.15) is 18.1 Å². The van der Waals surface area contributed by atoms with Gasteiger partial charge in [-0.25, -0.2) is 4.79 Å². The van der Waals surface area contributed by atoms with Gasteiger partial charge in [0.15, 0.2) is 0 Å². The Hall–Kier alpha value is -2.91. The minimum atomic E-state index is -1.59. The van der Waals surface area contributed by atoms with Gasteiger partial charge in [0.05, 0.1) is 19.1 Å². The van der Waals surface area contributed by atoms with Gasteiger partial charge in [0.25, 0.3) is 0 Å². The molecule has 0 bridgehead atoms. The summed E-state index contributed by atoms with van der Waals surface area (Å²) in [6, 6.07) is -5.64. The third kappa shape index (κ3) is 11.5. The Kier molecular flexibility index (Phi) is 13.6. The molecule has 0 saturated heterocycles. The van der Waals surface area contributed by atoms with Gasteiger partial charge >= 0.3 is 11.9 Å². The van der Waals surface area contributed by atoms with Crippen LogP contribution in [0.1, 0.15) is 25.7 Å². The van der Waals surface area contributed by atoms with Crippen LogP contribution >= 0.6 is 11.8 Å². The molecule has 4 atom stereocenters. The molecule has 0 fully saturated rings. The van der Waals surface area contributed by atoms with Crippen LogP contribution in [0.5, 0.6) is 0 Å². The number of nitrogens with two attached hydrogens (primary N) is 2. The fraction of sp³-hybridized carbons (Fsp3) is 0.647.